The molecule has 0 bridgehead atoms. The molecule has 0 aliphatic carbocycles. The quantitative estimate of drug-likeness (QED) is 0.761. The van der Waals surface area contributed by atoms with Gasteiger partial charge < -0.3 is 15.2 Å². The Labute approximate surface area is 155 Å². The summed E-state index contributed by atoms with van der Waals surface area (Å²) in [6.07, 6.45) is 4.34. The van der Waals surface area contributed by atoms with E-state index in [2.05, 4.69) is 38.2 Å². The summed E-state index contributed by atoms with van der Waals surface area (Å²) in [5, 5.41) is 12.4. The first-order valence-electron chi connectivity index (χ1n) is 8.67. The number of aromatic hydroxyl groups is 1. The minimum absolute atomic E-state index is 0.0809. The Morgan fingerprint density at radius 2 is 1.77 bits per heavy atom. The van der Waals surface area contributed by atoms with Gasteiger partial charge in [0.1, 0.15) is 0 Å². The number of rotatable bonds is 6. The molecule has 2 aromatic carbocycles. The molecule has 0 radical (unpaired) electrons. The third-order valence-corrected chi connectivity index (χ3v) is 3.85. The zero-order valence-corrected chi connectivity index (χ0v) is 15.9. The van der Waals surface area contributed by atoms with Crippen LogP contribution in [0, 0.1) is 5.41 Å². The van der Waals surface area contributed by atoms with Crippen LogP contribution in [-0.2, 0) is 17.8 Å². The molecule has 0 aliphatic rings. The number of carbonyl (C=O) groups excluding carboxylic acids is 1. The fourth-order valence-electron chi connectivity index (χ4n) is 2.61. The van der Waals surface area contributed by atoms with Crippen molar-refractivity contribution in [3.63, 3.8) is 0 Å². The molecule has 4 heteroatoms. The lowest BCUT2D eigenvalue weighted by Gasteiger charge is -2.17. The maximum Gasteiger partial charge on any atom is 0.244 e. The monoisotopic (exact) mass is 353 g/mol. The first kappa shape index (κ1) is 19.6. The zero-order chi connectivity index (χ0) is 19.2. The number of ether oxygens (including phenoxy) is 1. The van der Waals surface area contributed by atoms with Gasteiger partial charge in [-0.05, 0) is 46.7 Å². The van der Waals surface area contributed by atoms with Crippen molar-refractivity contribution in [2.45, 2.75) is 33.7 Å². The molecule has 26 heavy (non-hydrogen) atoms. The van der Waals surface area contributed by atoms with Gasteiger partial charge in [-0.3, -0.25) is 4.79 Å². The second-order valence-corrected chi connectivity index (χ2v) is 7.54. The van der Waals surface area contributed by atoms with Crippen LogP contribution in [0.4, 0.5) is 0 Å². The van der Waals surface area contributed by atoms with E-state index < -0.39 is 0 Å². The van der Waals surface area contributed by atoms with E-state index in [1.807, 2.05) is 12.1 Å². The minimum atomic E-state index is -0.171. The number of nitrogens with one attached hydrogen (secondary N) is 1. The van der Waals surface area contributed by atoms with Crippen LogP contribution in [-0.4, -0.2) is 18.1 Å². The molecule has 0 spiro atoms. The topological polar surface area (TPSA) is 58.6 Å². The number of phenolic OH excluding ortho intramolecular Hbond substituents is 1. The highest BCUT2D eigenvalue weighted by Gasteiger charge is 2.10. The Kier molecular flexibility index (Phi) is 6.45. The van der Waals surface area contributed by atoms with E-state index in [1.54, 1.807) is 24.3 Å². The second-order valence-electron chi connectivity index (χ2n) is 7.54. The van der Waals surface area contributed by atoms with E-state index in [1.165, 1.54) is 18.7 Å². The lowest BCUT2D eigenvalue weighted by atomic mass is 9.88. The maximum atomic E-state index is 12.0. The van der Waals surface area contributed by atoms with Gasteiger partial charge in [-0.15, -0.1) is 0 Å². The molecule has 2 N–H and O–H groups in total. The first-order chi connectivity index (χ1) is 12.3. The van der Waals surface area contributed by atoms with Crippen LogP contribution in [0.25, 0.3) is 6.08 Å². The molecule has 2 rings (SSSR count). The normalized spacial score (nSPS) is 11.5. The van der Waals surface area contributed by atoms with Crippen molar-refractivity contribution < 1.29 is 14.6 Å². The van der Waals surface area contributed by atoms with Gasteiger partial charge in [0.25, 0.3) is 0 Å². The fourth-order valence-corrected chi connectivity index (χ4v) is 2.61. The summed E-state index contributed by atoms with van der Waals surface area (Å²) in [4.78, 5) is 12.0. The second kappa shape index (κ2) is 8.56. The average Bonchev–Trinajstić information content (AvgIpc) is 2.59. The number of amides is 1. The molecule has 2 aromatic rings. The summed E-state index contributed by atoms with van der Waals surface area (Å²) in [5.74, 6) is 0.302. The van der Waals surface area contributed by atoms with Crippen LogP contribution in [0.5, 0.6) is 11.5 Å². The molecule has 1 amide bonds. The van der Waals surface area contributed by atoms with Crippen LogP contribution < -0.4 is 10.1 Å². The first-order valence-corrected chi connectivity index (χ1v) is 8.67. The van der Waals surface area contributed by atoms with Crippen LogP contribution in [0.3, 0.4) is 0 Å². The highest BCUT2D eigenvalue weighted by Crippen LogP contribution is 2.26. The average molecular weight is 353 g/mol. The third kappa shape index (κ3) is 6.28. The standard InChI is InChI=1S/C22H27NO3/c1-22(2,3)14-17-7-5-16(6-8-17)10-12-21(25)23-15-18-9-11-19(24)20(13-18)26-4/h5-13,24H,14-15H2,1-4H3,(H,23,25)/b12-10+. The summed E-state index contributed by atoms with van der Waals surface area (Å²) < 4.78 is 5.06. The van der Waals surface area contributed by atoms with E-state index in [4.69, 9.17) is 4.74 Å². The van der Waals surface area contributed by atoms with Crippen LogP contribution in [0.2, 0.25) is 0 Å². The van der Waals surface area contributed by atoms with Gasteiger partial charge in [-0.2, -0.15) is 0 Å². The van der Waals surface area contributed by atoms with Gasteiger partial charge in [0, 0.05) is 12.6 Å². The molecular formula is C22H27NO3. The number of hydrogen-bond acceptors (Lipinski definition) is 3. The van der Waals surface area contributed by atoms with E-state index in [9.17, 15) is 9.90 Å². The minimum Gasteiger partial charge on any atom is -0.504 e. The van der Waals surface area contributed by atoms with Crippen molar-refractivity contribution in [1.29, 1.82) is 0 Å². The number of hydrogen-bond donors (Lipinski definition) is 2. The Balaban J connectivity index is 1.89. The lowest BCUT2D eigenvalue weighted by Crippen LogP contribution is -2.20. The summed E-state index contributed by atoms with van der Waals surface area (Å²) in [5.41, 5.74) is 3.39. The molecule has 0 aromatic heterocycles. The van der Waals surface area contributed by atoms with Gasteiger partial charge in [0.2, 0.25) is 5.91 Å². The molecule has 0 saturated carbocycles. The molecule has 0 fully saturated rings. The summed E-state index contributed by atoms with van der Waals surface area (Å²) in [6.45, 7) is 7.02. The summed E-state index contributed by atoms with van der Waals surface area (Å²) >= 11 is 0. The van der Waals surface area contributed by atoms with E-state index >= 15 is 0 Å². The highest BCUT2D eigenvalue weighted by atomic mass is 16.5. The van der Waals surface area contributed by atoms with Gasteiger partial charge >= 0.3 is 0 Å². The number of carbonyl (C=O) groups is 1. The Morgan fingerprint density at radius 3 is 2.38 bits per heavy atom. The number of phenols is 1. The number of benzene rings is 2. The molecule has 138 valence electrons. The smallest absolute Gasteiger partial charge is 0.244 e. The van der Waals surface area contributed by atoms with E-state index in [-0.39, 0.29) is 17.1 Å². The Bertz CT molecular complexity index is 771. The van der Waals surface area contributed by atoms with Crippen molar-refractivity contribution in [3.8, 4) is 11.5 Å². The van der Waals surface area contributed by atoms with Crippen LogP contribution in [0.1, 0.15) is 37.5 Å². The van der Waals surface area contributed by atoms with Gasteiger partial charge in [-0.1, -0.05) is 51.1 Å². The summed E-state index contributed by atoms with van der Waals surface area (Å²) in [6, 6.07) is 13.3. The third-order valence-electron chi connectivity index (χ3n) is 3.85. The predicted molar refractivity (Wildman–Crippen MR) is 105 cm³/mol. The van der Waals surface area contributed by atoms with Gasteiger partial charge in [0.15, 0.2) is 11.5 Å². The molecule has 0 aliphatic heterocycles. The number of methoxy groups -OCH3 is 1. The fraction of sp³-hybridized carbons (Fsp3) is 0.318. The SMILES string of the molecule is COc1cc(CNC(=O)/C=C/c2ccc(CC(C)(C)C)cc2)ccc1O. The zero-order valence-electron chi connectivity index (χ0n) is 15.9. The highest BCUT2D eigenvalue weighted by molar-refractivity contribution is 5.91. The molecule has 4 nitrogen and oxygen atoms in total. The van der Waals surface area contributed by atoms with Crippen molar-refractivity contribution in [1.82, 2.24) is 5.32 Å². The molecule has 0 heterocycles. The van der Waals surface area contributed by atoms with Crippen molar-refractivity contribution in [2.24, 2.45) is 5.41 Å². The maximum absolute atomic E-state index is 12.0. The van der Waals surface area contributed by atoms with Crippen LogP contribution >= 0.6 is 0 Å². The van der Waals surface area contributed by atoms with Gasteiger partial charge in [-0.25, -0.2) is 0 Å². The van der Waals surface area contributed by atoms with Crippen molar-refractivity contribution in [3.05, 3.63) is 65.2 Å². The predicted octanol–water partition coefficient (Wildman–Crippen LogP) is 4.32. The van der Waals surface area contributed by atoms with Crippen molar-refractivity contribution in [2.75, 3.05) is 7.11 Å². The largest absolute Gasteiger partial charge is 0.504 e. The molecular weight excluding hydrogens is 326 g/mol. The van der Waals surface area contributed by atoms with Crippen molar-refractivity contribution >= 4 is 12.0 Å². The lowest BCUT2D eigenvalue weighted by molar-refractivity contribution is -0.116. The summed E-state index contributed by atoms with van der Waals surface area (Å²) in [7, 11) is 1.49. The van der Waals surface area contributed by atoms with Crippen LogP contribution in [0.15, 0.2) is 48.5 Å². The van der Waals surface area contributed by atoms with E-state index in [0.29, 0.717) is 12.3 Å². The molecule has 0 unspecified atom stereocenters. The molecule has 0 saturated heterocycles. The van der Waals surface area contributed by atoms with Gasteiger partial charge in [0.05, 0.1) is 7.11 Å². The Morgan fingerprint density at radius 1 is 1.12 bits per heavy atom. The molecule has 0 atom stereocenters. The Hall–Kier alpha value is -2.75. The van der Waals surface area contributed by atoms with E-state index in [0.717, 1.165) is 17.5 Å².